The molecule has 1 unspecified atom stereocenters. The second kappa shape index (κ2) is 10.4. The lowest BCUT2D eigenvalue weighted by atomic mass is 10.1. The molecular weight excluding hydrogens is 190 g/mol. The van der Waals surface area contributed by atoms with Crippen molar-refractivity contribution in [3.8, 4) is 0 Å². The molecule has 0 fully saturated rings. The third kappa shape index (κ3) is 10.2. The summed E-state index contributed by atoms with van der Waals surface area (Å²) < 4.78 is 0. The van der Waals surface area contributed by atoms with Crippen LogP contribution >= 0.6 is 0 Å². The minimum atomic E-state index is -0.588. The van der Waals surface area contributed by atoms with Gasteiger partial charge in [-0.25, -0.2) is 0 Å². The van der Waals surface area contributed by atoms with Gasteiger partial charge in [-0.05, 0) is 20.0 Å². The number of hydrogen-bond donors (Lipinski definition) is 2. The van der Waals surface area contributed by atoms with Crippen molar-refractivity contribution in [2.75, 3.05) is 26.7 Å². The Kier molecular flexibility index (Phi) is 10.3. The van der Waals surface area contributed by atoms with Crippen LogP contribution in [0, 0.1) is 0 Å². The maximum atomic E-state index is 9.21. The average Bonchev–Trinajstić information content (AvgIpc) is 2.23. The number of rotatable bonds is 10. The second-order valence-electron chi connectivity index (χ2n) is 4.37. The fraction of sp³-hybridized carbons (Fsp3) is 1.00. The van der Waals surface area contributed by atoms with Crippen molar-refractivity contribution < 1.29 is 10.2 Å². The SMILES string of the molecule is CCCCCCCCN(C)CC(O)CO. The van der Waals surface area contributed by atoms with Crippen LogP contribution in [-0.2, 0) is 0 Å². The second-order valence-corrected chi connectivity index (χ2v) is 4.37. The molecule has 0 spiro atoms. The van der Waals surface area contributed by atoms with Gasteiger partial charge in [0.25, 0.3) is 0 Å². The molecule has 0 aromatic heterocycles. The zero-order valence-electron chi connectivity index (χ0n) is 10.3. The Morgan fingerprint density at radius 2 is 1.67 bits per heavy atom. The zero-order valence-corrected chi connectivity index (χ0v) is 10.3. The largest absolute Gasteiger partial charge is 0.394 e. The van der Waals surface area contributed by atoms with Gasteiger partial charge in [0.15, 0.2) is 0 Å². The van der Waals surface area contributed by atoms with E-state index in [1.807, 2.05) is 7.05 Å². The van der Waals surface area contributed by atoms with Crippen molar-refractivity contribution in [2.45, 2.75) is 51.6 Å². The van der Waals surface area contributed by atoms with Gasteiger partial charge in [-0.3, -0.25) is 0 Å². The first-order valence-electron chi connectivity index (χ1n) is 6.18. The van der Waals surface area contributed by atoms with Gasteiger partial charge in [0.1, 0.15) is 0 Å². The van der Waals surface area contributed by atoms with E-state index in [1.54, 1.807) is 0 Å². The molecule has 0 saturated heterocycles. The van der Waals surface area contributed by atoms with Crippen LogP contribution in [0.3, 0.4) is 0 Å². The molecule has 1 atom stereocenters. The first-order chi connectivity index (χ1) is 7.20. The number of aliphatic hydroxyl groups is 2. The summed E-state index contributed by atoms with van der Waals surface area (Å²) in [7, 11) is 1.99. The summed E-state index contributed by atoms with van der Waals surface area (Å²) in [5.41, 5.74) is 0. The summed E-state index contributed by atoms with van der Waals surface area (Å²) in [6.07, 6.45) is 7.19. The standard InChI is InChI=1S/C12H27NO2/c1-3-4-5-6-7-8-9-13(2)10-12(15)11-14/h12,14-15H,3-11H2,1-2H3. The summed E-state index contributed by atoms with van der Waals surface area (Å²) >= 11 is 0. The van der Waals surface area contributed by atoms with Crippen LogP contribution in [0.1, 0.15) is 45.4 Å². The highest BCUT2D eigenvalue weighted by Crippen LogP contribution is 2.05. The molecule has 0 aromatic rings. The van der Waals surface area contributed by atoms with E-state index >= 15 is 0 Å². The van der Waals surface area contributed by atoms with Gasteiger partial charge in [-0.1, -0.05) is 39.0 Å². The highest BCUT2D eigenvalue weighted by atomic mass is 16.3. The smallest absolute Gasteiger partial charge is 0.0897 e. The summed E-state index contributed by atoms with van der Waals surface area (Å²) in [6.45, 7) is 3.68. The van der Waals surface area contributed by atoms with Crippen LogP contribution in [0.2, 0.25) is 0 Å². The van der Waals surface area contributed by atoms with Crippen molar-refractivity contribution in [3.63, 3.8) is 0 Å². The van der Waals surface area contributed by atoms with Crippen molar-refractivity contribution in [1.82, 2.24) is 4.90 Å². The quantitative estimate of drug-likeness (QED) is 0.547. The van der Waals surface area contributed by atoms with Crippen LogP contribution < -0.4 is 0 Å². The number of nitrogens with zero attached hydrogens (tertiary/aromatic N) is 1. The number of hydrogen-bond acceptors (Lipinski definition) is 3. The maximum Gasteiger partial charge on any atom is 0.0897 e. The lowest BCUT2D eigenvalue weighted by Gasteiger charge is -2.18. The summed E-state index contributed by atoms with van der Waals surface area (Å²) in [4.78, 5) is 2.08. The molecule has 0 aliphatic rings. The molecule has 15 heavy (non-hydrogen) atoms. The Labute approximate surface area is 94.1 Å². The van der Waals surface area contributed by atoms with E-state index < -0.39 is 6.10 Å². The van der Waals surface area contributed by atoms with Crippen molar-refractivity contribution in [2.24, 2.45) is 0 Å². The van der Waals surface area contributed by atoms with E-state index in [9.17, 15) is 5.11 Å². The molecule has 3 heteroatoms. The summed E-state index contributed by atoms with van der Waals surface area (Å²) in [6, 6.07) is 0. The highest BCUT2D eigenvalue weighted by Gasteiger charge is 2.05. The number of likely N-dealkylation sites (N-methyl/N-ethyl adjacent to an activating group) is 1. The van der Waals surface area contributed by atoms with Crippen LogP contribution in [0.15, 0.2) is 0 Å². The Morgan fingerprint density at radius 3 is 2.27 bits per heavy atom. The molecular formula is C12H27NO2. The number of unbranched alkanes of at least 4 members (excludes halogenated alkanes) is 5. The lowest BCUT2D eigenvalue weighted by Crippen LogP contribution is -2.31. The van der Waals surface area contributed by atoms with E-state index in [0.29, 0.717) is 6.54 Å². The third-order valence-electron chi connectivity index (χ3n) is 2.63. The molecule has 0 aliphatic heterocycles. The molecule has 92 valence electrons. The van der Waals surface area contributed by atoms with Gasteiger partial charge in [0.2, 0.25) is 0 Å². The van der Waals surface area contributed by atoms with Crippen molar-refractivity contribution >= 4 is 0 Å². The average molecular weight is 217 g/mol. The molecule has 0 rings (SSSR count). The van der Waals surface area contributed by atoms with Crippen LogP contribution in [0.5, 0.6) is 0 Å². The van der Waals surface area contributed by atoms with Gasteiger partial charge in [-0.15, -0.1) is 0 Å². The Bertz CT molecular complexity index is 131. The minimum Gasteiger partial charge on any atom is -0.394 e. The topological polar surface area (TPSA) is 43.7 Å². The van der Waals surface area contributed by atoms with Crippen LogP contribution in [0.25, 0.3) is 0 Å². The Morgan fingerprint density at radius 1 is 1.07 bits per heavy atom. The minimum absolute atomic E-state index is 0.138. The molecule has 0 aliphatic carbocycles. The number of aliphatic hydroxyl groups excluding tert-OH is 2. The van der Waals surface area contributed by atoms with Gasteiger partial charge >= 0.3 is 0 Å². The van der Waals surface area contributed by atoms with E-state index in [1.165, 1.54) is 38.5 Å². The monoisotopic (exact) mass is 217 g/mol. The first-order valence-corrected chi connectivity index (χ1v) is 6.18. The van der Waals surface area contributed by atoms with E-state index in [4.69, 9.17) is 5.11 Å². The first kappa shape index (κ1) is 14.9. The molecule has 0 amide bonds. The molecule has 0 saturated carbocycles. The predicted octanol–water partition coefficient (Wildman–Crippen LogP) is 1.63. The van der Waals surface area contributed by atoms with Crippen LogP contribution in [0.4, 0.5) is 0 Å². The van der Waals surface area contributed by atoms with E-state index in [2.05, 4.69) is 11.8 Å². The molecule has 0 aromatic carbocycles. The van der Waals surface area contributed by atoms with Gasteiger partial charge < -0.3 is 15.1 Å². The van der Waals surface area contributed by atoms with Gasteiger partial charge in [-0.2, -0.15) is 0 Å². The highest BCUT2D eigenvalue weighted by molar-refractivity contribution is 4.59. The fourth-order valence-electron chi connectivity index (χ4n) is 1.67. The molecule has 0 heterocycles. The van der Waals surface area contributed by atoms with Gasteiger partial charge in [0.05, 0.1) is 12.7 Å². The van der Waals surface area contributed by atoms with Gasteiger partial charge in [0, 0.05) is 6.54 Å². The predicted molar refractivity (Wildman–Crippen MR) is 64.0 cm³/mol. The van der Waals surface area contributed by atoms with E-state index in [0.717, 1.165) is 6.54 Å². The molecule has 0 bridgehead atoms. The Balaban J connectivity index is 3.20. The molecule has 3 nitrogen and oxygen atoms in total. The fourth-order valence-corrected chi connectivity index (χ4v) is 1.67. The molecule has 2 N–H and O–H groups in total. The van der Waals surface area contributed by atoms with Crippen LogP contribution in [-0.4, -0.2) is 48.0 Å². The lowest BCUT2D eigenvalue weighted by molar-refractivity contribution is 0.0662. The maximum absolute atomic E-state index is 9.21. The Hall–Kier alpha value is -0.120. The summed E-state index contributed by atoms with van der Waals surface area (Å²) in [5, 5.41) is 17.9. The normalized spacial score (nSPS) is 13.4. The van der Waals surface area contributed by atoms with Crippen molar-refractivity contribution in [1.29, 1.82) is 0 Å². The van der Waals surface area contributed by atoms with Crippen molar-refractivity contribution in [3.05, 3.63) is 0 Å². The third-order valence-corrected chi connectivity index (χ3v) is 2.63. The summed E-state index contributed by atoms with van der Waals surface area (Å²) in [5.74, 6) is 0. The zero-order chi connectivity index (χ0) is 11.5. The van der Waals surface area contributed by atoms with E-state index in [-0.39, 0.29) is 6.61 Å². The molecule has 0 radical (unpaired) electrons.